The highest BCUT2D eigenvalue weighted by Crippen LogP contribution is 2.18. The van der Waals surface area contributed by atoms with Crippen molar-refractivity contribution in [2.45, 2.75) is 44.6 Å². The Balaban J connectivity index is 1.87. The molecule has 0 atom stereocenters. The smallest absolute Gasteiger partial charge is 0.339 e. The second kappa shape index (κ2) is 8.41. The first kappa shape index (κ1) is 16.3. The van der Waals surface area contributed by atoms with Crippen molar-refractivity contribution in [1.29, 1.82) is 0 Å². The van der Waals surface area contributed by atoms with Crippen molar-refractivity contribution in [1.82, 2.24) is 5.32 Å². The molecule has 5 heteroatoms. The molecule has 1 aromatic carbocycles. The minimum absolute atomic E-state index is 0.0356. The highest BCUT2D eigenvalue weighted by atomic mass is 16.5. The molecule has 0 heterocycles. The maximum absolute atomic E-state index is 12.1. The maximum atomic E-state index is 12.1. The summed E-state index contributed by atoms with van der Waals surface area (Å²) in [6.45, 7) is 0.157. The number of para-hydroxylation sites is 1. The van der Waals surface area contributed by atoms with Crippen molar-refractivity contribution in [3.8, 4) is 0 Å². The first-order valence-electron chi connectivity index (χ1n) is 7.91. The molecular weight excluding hydrogens is 280 g/mol. The van der Waals surface area contributed by atoms with E-state index < -0.39 is 5.97 Å². The van der Waals surface area contributed by atoms with Crippen molar-refractivity contribution < 1.29 is 14.3 Å². The predicted octanol–water partition coefficient (Wildman–Crippen LogP) is 2.72. The summed E-state index contributed by atoms with van der Waals surface area (Å²) >= 11 is 0. The second-order valence-electron chi connectivity index (χ2n) is 5.65. The van der Waals surface area contributed by atoms with Gasteiger partial charge >= 0.3 is 5.97 Å². The predicted molar refractivity (Wildman–Crippen MR) is 85.9 cm³/mol. The average molecular weight is 304 g/mol. The Bertz CT molecular complexity index is 508. The van der Waals surface area contributed by atoms with E-state index in [1.165, 1.54) is 32.8 Å². The van der Waals surface area contributed by atoms with Gasteiger partial charge < -0.3 is 15.4 Å². The molecule has 0 bridgehead atoms. The van der Waals surface area contributed by atoms with Gasteiger partial charge in [0.1, 0.15) is 0 Å². The van der Waals surface area contributed by atoms with E-state index in [1.807, 2.05) is 6.07 Å². The molecule has 0 spiro atoms. The van der Waals surface area contributed by atoms with Gasteiger partial charge in [0.25, 0.3) is 0 Å². The lowest BCUT2D eigenvalue weighted by atomic mass is 10.1. The first-order chi connectivity index (χ1) is 10.7. The van der Waals surface area contributed by atoms with Crippen LogP contribution >= 0.6 is 0 Å². The molecule has 1 aliphatic carbocycles. The SMILES string of the molecule is COC(=O)c1ccccc1NCC(=O)NC1CCCCCC1. The Kier molecular flexibility index (Phi) is 6.25. The van der Waals surface area contributed by atoms with Crippen LogP contribution in [0.4, 0.5) is 5.69 Å². The van der Waals surface area contributed by atoms with E-state index in [-0.39, 0.29) is 18.5 Å². The van der Waals surface area contributed by atoms with Gasteiger partial charge in [-0.05, 0) is 25.0 Å². The molecule has 120 valence electrons. The van der Waals surface area contributed by atoms with E-state index in [9.17, 15) is 9.59 Å². The lowest BCUT2D eigenvalue weighted by molar-refractivity contribution is -0.120. The fourth-order valence-corrected chi connectivity index (χ4v) is 2.80. The number of amides is 1. The van der Waals surface area contributed by atoms with Gasteiger partial charge in [-0.15, -0.1) is 0 Å². The average Bonchev–Trinajstić information content (AvgIpc) is 2.81. The largest absolute Gasteiger partial charge is 0.465 e. The number of rotatable bonds is 5. The van der Waals surface area contributed by atoms with E-state index >= 15 is 0 Å². The number of carbonyl (C=O) groups excluding carboxylic acids is 2. The van der Waals surface area contributed by atoms with Crippen LogP contribution < -0.4 is 10.6 Å². The molecule has 0 aliphatic heterocycles. The van der Waals surface area contributed by atoms with Crippen LogP contribution in [0.5, 0.6) is 0 Å². The molecule has 1 aliphatic rings. The summed E-state index contributed by atoms with van der Waals surface area (Å²) in [5.74, 6) is -0.446. The van der Waals surface area contributed by atoms with Gasteiger partial charge in [0.2, 0.25) is 5.91 Å². The molecule has 0 saturated heterocycles. The van der Waals surface area contributed by atoms with E-state index in [1.54, 1.807) is 18.2 Å². The molecule has 1 aromatic rings. The molecule has 5 nitrogen and oxygen atoms in total. The summed E-state index contributed by atoms with van der Waals surface area (Å²) in [7, 11) is 1.35. The van der Waals surface area contributed by atoms with Crippen LogP contribution in [0.15, 0.2) is 24.3 Å². The molecule has 1 saturated carbocycles. The Morgan fingerprint density at radius 3 is 2.50 bits per heavy atom. The summed E-state index contributed by atoms with van der Waals surface area (Å²) in [6.07, 6.45) is 7.01. The fourth-order valence-electron chi connectivity index (χ4n) is 2.80. The number of carbonyl (C=O) groups is 2. The zero-order valence-electron chi connectivity index (χ0n) is 13.1. The molecule has 22 heavy (non-hydrogen) atoms. The van der Waals surface area contributed by atoms with Crippen molar-refractivity contribution in [3.05, 3.63) is 29.8 Å². The number of hydrogen-bond donors (Lipinski definition) is 2. The van der Waals surface area contributed by atoms with Gasteiger partial charge in [-0.1, -0.05) is 37.8 Å². The van der Waals surface area contributed by atoms with Crippen LogP contribution in [0.3, 0.4) is 0 Å². The minimum atomic E-state index is -0.410. The molecular formula is C17H24N2O3. The Morgan fingerprint density at radius 1 is 1.14 bits per heavy atom. The van der Waals surface area contributed by atoms with Gasteiger partial charge in [-0.2, -0.15) is 0 Å². The van der Waals surface area contributed by atoms with Gasteiger partial charge in [-0.25, -0.2) is 4.79 Å². The van der Waals surface area contributed by atoms with Crippen LogP contribution in [0.2, 0.25) is 0 Å². The fraction of sp³-hybridized carbons (Fsp3) is 0.529. The third-order valence-corrected chi connectivity index (χ3v) is 3.99. The molecule has 0 unspecified atom stereocenters. The highest BCUT2D eigenvalue weighted by Gasteiger charge is 2.15. The first-order valence-corrected chi connectivity index (χ1v) is 7.91. The van der Waals surface area contributed by atoms with E-state index in [0.717, 1.165) is 12.8 Å². The quantitative estimate of drug-likeness (QED) is 0.648. The number of hydrogen-bond acceptors (Lipinski definition) is 4. The molecule has 0 radical (unpaired) electrons. The Morgan fingerprint density at radius 2 is 1.82 bits per heavy atom. The minimum Gasteiger partial charge on any atom is -0.465 e. The number of nitrogens with one attached hydrogen (secondary N) is 2. The third-order valence-electron chi connectivity index (χ3n) is 3.99. The van der Waals surface area contributed by atoms with Crippen molar-refractivity contribution >= 4 is 17.6 Å². The van der Waals surface area contributed by atoms with Gasteiger partial charge in [0, 0.05) is 11.7 Å². The summed E-state index contributed by atoms with van der Waals surface area (Å²) in [6, 6.07) is 7.32. The molecule has 2 rings (SSSR count). The summed E-state index contributed by atoms with van der Waals surface area (Å²) < 4.78 is 4.74. The van der Waals surface area contributed by atoms with E-state index in [2.05, 4.69) is 10.6 Å². The van der Waals surface area contributed by atoms with E-state index in [0.29, 0.717) is 11.3 Å². The zero-order chi connectivity index (χ0) is 15.8. The lowest BCUT2D eigenvalue weighted by Crippen LogP contribution is -2.38. The number of esters is 1. The maximum Gasteiger partial charge on any atom is 0.339 e. The number of benzene rings is 1. The molecule has 0 aromatic heterocycles. The number of ether oxygens (including phenoxy) is 1. The van der Waals surface area contributed by atoms with Crippen LogP contribution in [0.1, 0.15) is 48.9 Å². The third kappa shape index (κ3) is 4.76. The van der Waals surface area contributed by atoms with Crippen LogP contribution in [-0.2, 0) is 9.53 Å². The van der Waals surface area contributed by atoms with Crippen LogP contribution in [0, 0.1) is 0 Å². The molecule has 1 amide bonds. The summed E-state index contributed by atoms with van der Waals surface area (Å²) in [5.41, 5.74) is 1.05. The standard InChI is InChI=1S/C17H24N2O3/c1-22-17(21)14-10-6-7-11-15(14)18-12-16(20)19-13-8-4-2-3-5-9-13/h6-7,10-11,13,18H,2-5,8-9,12H2,1H3,(H,19,20). The van der Waals surface area contributed by atoms with Crippen LogP contribution in [-0.4, -0.2) is 31.6 Å². The van der Waals surface area contributed by atoms with Gasteiger partial charge in [0.15, 0.2) is 0 Å². The van der Waals surface area contributed by atoms with Crippen LogP contribution in [0.25, 0.3) is 0 Å². The van der Waals surface area contributed by atoms with Gasteiger partial charge in [0.05, 0.1) is 19.2 Å². The lowest BCUT2D eigenvalue weighted by Gasteiger charge is -2.17. The van der Waals surface area contributed by atoms with Gasteiger partial charge in [-0.3, -0.25) is 4.79 Å². The zero-order valence-corrected chi connectivity index (χ0v) is 13.1. The Labute approximate surface area is 131 Å². The summed E-state index contributed by atoms with van der Waals surface area (Å²) in [5, 5.41) is 6.09. The number of anilines is 1. The monoisotopic (exact) mass is 304 g/mol. The normalized spacial score (nSPS) is 15.7. The van der Waals surface area contributed by atoms with Crippen molar-refractivity contribution in [2.75, 3.05) is 19.0 Å². The second-order valence-corrected chi connectivity index (χ2v) is 5.65. The topological polar surface area (TPSA) is 67.4 Å². The molecule has 1 fully saturated rings. The number of methoxy groups -OCH3 is 1. The molecule has 2 N–H and O–H groups in total. The van der Waals surface area contributed by atoms with Crippen molar-refractivity contribution in [3.63, 3.8) is 0 Å². The summed E-state index contributed by atoms with van der Waals surface area (Å²) in [4.78, 5) is 23.7. The van der Waals surface area contributed by atoms with Crippen molar-refractivity contribution in [2.24, 2.45) is 0 Å². The Hall–Kier alpha value is -2.04. The van der Waals surface area contributed by atoms with E-state index in [4.69, 9.17) is 4.74 Å². The highest BCUT2D eigenvalue weighted by molar-refractivity contribution is 5.96.